The summed E-state index contributed by atoms with van der Waals surface area (Å²) in [5.41, 5.74) is 5.05. The number of aromatic nitrogens is 3. The minimum Gasteiger partial charge on any atom is -0.507 e. The maximum Gasteiger partial charge on any atom is 0.261 e. The molecule has 0 atom stereocenters. The third-order valence-corrected chi connectivity index (χ3v) is 3.36. The fraction of sp³-hybridized carbons (Fsp3) is 0.125. The van der Waals surface area contributed by atoms with Gasteiger partial charge in [0.05, 0.1) is 11.2 Å². The molecule has 2 N–H and O–H groups in total. The van der Waals surface area contributed by atoms with E-state index in [2.05, 4.69) is 20.8 Å². The number of carbonyl (C=O) groups is 1. The van der Waals surface area contributed by atoms with Crippen molar-refractivity contribution in [1.82, 2.24) is 20.4 Å². The molecular weight excluding hydrogens is 294 g/mol. The summed E-state index contributed by atoms with van der Waals surface area (Å²) in [6, 6.07) is 14.2. The number of para-hydroxylation sites is 2. The van der Waals surface area contributed by atoms with Crippen LogP contribution in [0.25, 0.3) is 11.0 Å². The first-order valence-electron chi connectivity index (χ1n) is 7.05. The molecule has 0 aliphatic heterocycles. The van der Waals surface area contributed by atoms with Crippen LogP contribution in [0.3, 0.4) is 0 Å². The molecule has 0 spiro atoms. The number of amides is 1. The van der Waals surface area contributed by atoms with Crippen LogP contribution in [-0.2, 0) is 11.3 Å². The Labute approximate surface area is 132 Å². The zero-order valence-corrected chi connectivity index (χ0v) is 12.5. The zero-order chi connectivity index (χ0) is 16.2. The van der Waals surface area contributed by atoms with E-state index in [0.29, 0.717) is 11.3 Å². The van der Waals surface area contributed by atoms with E-state index >= 15 is 0 Å². The molecule has 0 unspecified atom stereocenters. The van der Waals surface area contributed by atoms with Gasteiger partial charge in [-0.25, -0.2) is 10.1 Å². The molecule has 1 amide bonds. The standard InChI is InChI=1S/C16H15N5O2/c1-11(12-6-2-5-9-15(12)22)17-19-16(23)10-21-14-8-4-3-7-13(14)18-20-21/h2-9,22H,10H2,1H3,(H,19,23)/b17-11+. The van der Waals surface area contributed by atoms with Gasteiger partial charge >= 0.3 is 0 Å². The molecule has 0 bridgehead atoms. The Bertz CT molecular complexity index is 885. The maximum absolute atomic E-state index is 12.0. The van der Waals surface area contributed by atoms with Crippen LogP contribution < -0.4 is 5.43 Å². The van der Waals surface area contributed by atoms with E-state index in [4.69, 9.17) is 0 Å². The number of phenols is 1. The van der Waals surface area contributed by atoms with Gasteiger partial charge < -0.3 is 5.11 Å². The molecule has 116 valence electrons. The molecule has 0 saturated heterocycles. The summed E-state index contributed by atoms with van der Waals surface area (Å²) in [5.74, 6) is -0.208. The lowest BCUT2D eigenvalue weighted by Gasteiger charge is -2.05. The first kappa shape index (κ1) is 14.7. The smallest absolute Gasteiger partial charge is 0.261 e. The number of nitrogens with one attached hydrogen (secondary N) is 1. The SMILES string of the molecule is C/C(=N\NC(=O)Cn1nnc2ccccc21)c1ccccc1O. The normalized spacial score (nSPS) is 11.6. The number of nitrogens with zero attached hydrogens (tertiary/aromatic N) is 4. The third-order valence-electron chi connectivity index (χ3n) is 3.36. The fourth-order valence-electron chi connectivity index (χ4n) is 2.19. The summed E-state index contributed by atoms with van der Waals surface area (Å²) >= 11 is 0. The Morgan fingerprint density at radius 3 is 2.78 bits per heavy atom. The third kappa shape index (κ3) is 3.18. The van der Waals surface area contributed by atoms with Crippen molar-refractivity contribution in [3.05, 3.63) is 54.1 Å². The molecule has 2 aromatic carbocycles. The lowest BCUT2D eigenvalue weighted by atomic mass is 10.1. The van der Waals surface area contributed by atoms with Crippen molar-refractivity contribution >= 4 is 22.7 Å². The van der Waals surface area contributed by atoms with E-state index in [1.165, 1.54) is 4.68 Å². The topological polar surface area (TPSA) is 92.4 Å². The number of hydrazone groups is 1. The minimum atomic E-state index is -0.324. The molecular formula is C16H15N5O2. The highest BCUT2D eigenvalue weighted by Gasteiger charge is 2.09. The molecule has 0 aliphatic carbocycles. The highest BCUT2D eigenvalue weighted by Crippen LogP contribution is 2.16. The molecule has 3 rings (SSSR count). The van der Waals surface area contributed by atoms with Crippen LogP contribution in [0.5, 0.6) is 5.75 Å². The molecule has 7 nitrogen and oxygen atoms in total. The van der Waals surface area contributed by atoms with Crippen LogP contribution in [0.15, 0.2) is 53.6 Å². The zero-order valence-electron chi connectivity index (χ0n) is 12.5. The van der Waals surface area contributed by atoms with Gasteiger partial charge in [-0.3, -0.25) is 4.79 Å². The van der Waals surface area contributed by atoms with Crippen LogP contribution in [0.2, 0.25) is 0 Å². The molecule has 1 aromatic heterocycles. The Kier molecular flexibility index (Phi) is 4.01. The molecule has 0 saturated carbocycles. The predicted molar refractivity (Wildman–Crippen MR) is 86.0 cm³/mol. The first-order valence-corrected chi connectivity index (χ1v) is 7.05. The molecule has 1 heterocycles. The van der Waals surface area contributed by atoms with Gasteiger partial charge in [0.15, 0.2) is 0 Å². The lowest BCUT2D eigenvalue weighted by molar-refractivity contribution is -0.121. The Morgan fingerprint density at radius 1 is 1.22 bits per heavy atom. The van der Waals surface area contributed by atoms with Gasteiger partial charge in [-0.15, -0.1) is 5.10 Å². The van der Waals surface area contributed by atoms with E-state index in [1.807, 2.05) is 24.3 Å². The van der Waals surface area contributed by atoms with Gasteiger partial charge in [0.1, 0.15) is 17.8 Å². The van der Waals surface area contributed by atoms with Crippen LogP contribution in [0.4, 0.5) is 0 Å². The van der Waals surface area contributed by atoms with Gasteiger partial charge in [-0.1, -0.05) is 29.5 Å². The Morgan fingerprint density at radius 2 is 1.96 bits per heavy atom. The van der Waals surface area contributed by atoms with Crippen molar-refractivity contribution in [3.63, 3.8) is 0 Å². The van der Waals surface area contributed by atoms with Crippen molar-refractivity contribution in [2.24, 2.45) is 5.10 Å². The van der Waals surface area contributed by atoms with Gasteiger partial charge in [-0.2, -0.15) is 5.10 Å². The minimum absolute atomic E-state index is 0.0120. The first-order chi connectivity index (χ1) is 11.1. The number of fused-ring (bicyclic) bond motifs is 1. The average molecular weight is 309 g/mol. The average Bonchev–Trinajstić information content (AvgIpc) is 2.96. The highest BCUT2D eigenvalue weighted by atomic mass is 16.3. The Balaban J connectivity index is 1.70. The maximum atomic E-state index is 12.0. The number of hydrogen-bond donors (Lipinski definition) is 2. The van der Waals surface area contributed by atoms with E-state index in [0.717, 1.165) is 11.0 Å². The van der Waals surface area contributed by atoms with Crippen LogP contribution in [0, 0.1) is 0 Å². The van der Waals surface area contributed by atoms with E-state index in [9.17, 15) is 9.90 Å². The highest BCUT2D eigenvalue weighted by molar-refractivity contribution is 6.01. The molecule has 3 aromatic rings. The summed E-state index contributed by atoms with van der Waals surface area (Å²) in [4.78, 5) is 12.0. The van der Waals surface area contributed by atoms with Crippen molar-refractivity contribution in [2.45, 2.75) is 13.5 Å². The number of rotatable bonds is 4. The van der Waals surface area contributed by atoms with Crippen molar-refractivity contribution in [1.29, 1.82) is 0 Å². The van der Waals surface area contributed by atoms with E-state index in [-0.39, 0.29) is 18.2 Å². The molecule has 7 heteroatoms. The van der Waals surface area contributed by atoms with Gasteiger partial charge in [0.25, 0.3) is 5.91 Å². The van der Waals surface area contributed by atoms with Gasteiger partial charge in [-0.05, 0) is 31.2 Å². The molecule has 0 fully saturated rings. The fourth-order valence-corrected chi connectivity index (χ4v) is 2.19. The van der Waals surface area contributed by atoms with Crippen molar-refractivity contribution in [3.8, 4) is 5.75 Å². The second-order valence-corrected chi connectivity index (χ2v) is 4.99. The number of aromatic hydroxyl groups is 1. The molecule has 0 aliphatic rings. The van der Waals surface area contributed by atoms with Gasteiger partial charge in [0, 0.05) is 5.56 Å². The largest absolute Gasteiger partial charge is 0.507 e. The van der Waals surface area contributed by atoms with E-state index in [1.54, 1.807) is 31.2 Å². The van der Waals surface area contributed by atoms with E-state index < -0.39 is 0 Å². The summed E-state index contributed by atoms with van der Waals surface area (Å²) in [7, 11) is 0. The number of benzene rings is 2. The summed E-state index contributed by atoms with van der Waals surface area (Å²) < 4.78 is 1.51. The molecule has 0 radical (unpaired) electrons. The second kappa shape index (κ2) is 6.27. The summed E-state index contributed by atoms with van der Waals surface area (Å²) in [6.07, 6.45) is 0. The van der Waals surface area contributed by atoms with Crippen LogP contribution >= 0.6 is 0 Å². The van der Waals surface area contributed by atoms with Crippen molar-refractivity contribution in [2.75, 3.05) is 0 Å². The summed E-state index contributed by atoms with van der Waals surface area (Å²) in [6.45, 7) is 1.72. The monoisotopic (exact) mass is 309 g/mol. The summed E-state index contributed by atoms with van der Waals surface area (Å²) in [5, 5.41) is 21.7. The van der Waals surface area contributed by atoms with Gasteiger partial charge in [0.2, 0.25) is 0 Å². The Hall–Kier alpha value is -3.22. The lowest BCUT2D eigenvalue weighted by Crippen LogP contribution is -2.24. The number of carbonyl (C=O) groups excluding carboxylic acids is 1. The van der Waals surface area contributed by atoms with Crippen LogP contribution in [0.1, 0.15) is 12.5 Å². The predicted octanol–water partition coefficient (Wildman–Crippen LogP) is 1.68. The second-order valence-electron chi connectivity index (χ2n) is 4.99. The van der Waals surface area contributed by atoms with Crippen molar-refractivity contribution < 1.29 is 9.90 Å². The molecule has 23 heavy (non-hydrogen) atoms. The van der Waals surface area contributed by atoms with Crippen LogP contribution in [-0.4, -0.2) is 31.7 Å². The quantitative estimate of drug-likeness (QED) is 0.566. The number of phenolic OH excluding ortho intramolecular Hbond substituents is 1. The number of hydrogen-bond acceptors (Lipinski definition) is 5.